The normalized spacial score (nSPS) is 17.4. The van der Waals surface area contributed by atoms with Crippen LogP contribution in [0.1, 0.15) is 18.4 Å². The number of benzene rings is 2. The van der Waals surface area contributed by atoms with Crippen LogP contribution in [0.5, 0.6) is 5.75 Å². The van der Waals surface area contributed by atoms with E-state index in [9.17, 15) is 19.1 Å². The predicted molar refractivity (Wildman–Crippen MR) is 91.7 cm³/mol. The fourth-order valence-electron chi connectivity index (χ4n) is 3.00. The van der Waals surface area contributed by atoms with Gasteiger partial charge in [-0.25, -0.2) is 4.39 Å². The number of phenols is 1. The molecule has 1 atom stereocenters. The van der Waals surface area contributed by atoms with Gasteiger partial charge >= 0.3 is 0 Å². The highest BCUT2D eigenvalue weighted by Crippen LogP contribution is 2.24. The van der Waals surface area contributed by atoms with Crippen molar-refractivity contribution in [1.29, 1.82) is 0 Å². The number of anilines is 1. The fraction of sp³-hybridized carbons (Fsp3) is 0.263. The highest BCUT2D eigenvalue weighted by Gasteiger charge is 2.31. The zero-order chi connectivity index (χ0) is 17.8. The maximum Gasteiger partial charge on any atom is 0.249 e. The van der Waals surface area contributed by atoms with Gasteiger partial charge in [0.1, 0.15) is 17.6 Å². The lowest BCUT2D eigenvalue weighted by Gasteiger charge is -2.32. The molecule has 6 heteroatoms. The number of hydrogen-bond donors (Lipinski definition) is 2. The van der Waals surface area contributed by atoms with Crippen LogP contribution in [0.4, 0.5) is 10.1 Å². The highest BCUT2D eigenvalue weighted by molar-refractivity contribution is 6.00. The van der Waals surface area contributed by atoms with Gasteiger partial charge in [0.2, 0.25) is 11.8 Å². The number of piperidine rings is 1. The SMILES string of the molecule is O=C(Cc1ccccc1O)N[C@@H]1CCCN(c2ccccc2F)C1=O. The summed E-state index contributed by atoms with van der Waals surface area (Å²) in [7, 11) is 0. The van der Waals surface area contributed by atoms with Crippen molar-refractivity contribution in [2.24, 2.45) is 0 Å². The fourth-order valence-corrected chi connectivity index (χ4v) is 3.00. The van der Waals surface area contributed by atoms with Crippen molar-refractivity contribution in [3.8, 4) is 5.75 Å². The lowest BCUT2D eigenvalue weighted by atomic mass is 10.0. The summed E-state index contributed by atoms with van der Waals surface area (Å²) in [6, 6.07) is 12.0. The Morgan fingerprint density at radius 1 is 1.20 bits per heavy atom. The van der Waals surface area contributed by atoms with Gasteiger partial charge in [-0.05, 0) is 31.0 Å². The van der Waals surface area contributed by atoms with E-state index in [0.717, 1.165) is 0 Å². The molecule has 2 aromatic carbocycles. The van der Waals surface area contributed by atoms with E-state index in [0.29, 0.717) is 24.9 Å². The first-order valence-electron chi connectivity index (χ1n) is 8.18. The van der Waals surface area contributed by atoms with Crippen LogP contribution in [-0.4, -0.2) is 29.5 Å². The van der Waals surface area contributed by atoms with Gasteiger partial charge in [0.15, 0.2) is 0 Å². The van der Waals surface area contributed by atoms with Gasteiger partial charge in [-0.2, -0.15) is 0 Å². The highest BCUT2D eigenvalue weighted by atomic mass is 19.1. The van der Waals surface area contributed by atoms with Gasteiger partial charge in [-0.3, -0.25) is 9.59 Å². The Kier molecular flexibility index (Phi) is 4.97. The topological polar surface area (TPSA) is 69.6 Å². The molecule has 3 rings (SSSR count). The number of amides is 2. The second-order valence-corrected chi connectivity index (χ2v) is 6.01. The van der Waals surface area contributed by atoms with Crippen molar-refractivity contribution in [2.45, 2.75) is 25.3 Å². The molecular formula is C19H19FN2O3. The molecule has 2 amide bonds. The molecule has 0 aliphatic carbocycles. The lowest BCUT2D eigenvalue weighted by molar-refractivity contribution is -0.128. The average molecular weight is 342 g/mol. The lowest BCUT2D eigenvalue weighted by Crippen LogP contribution is -2.53. The van der Waals surface area contributed by atoms with Crippen LogP contribution in [-0.2, 0) is 16.0 Å². The van der Waals surface area contributed by atoms with Crippen molar-refractivity contribution >= 4 is 17.5 Å². The van der Waals surface area contributed by atoms with Gasteiger partial charge in [0, 0.05) is 12.1 Å². The van der Waals surface area contributed by atoms with Gasteiger partial charge < -0.3 is 15.3 Å². The standard InChI is InChI=1S/C19H19FN2O3/c20-14-7-2-3-9-16(14)22-11-5-8-15(19(22)25)21-18(24)12-13-6-1-4-10-17(13)23/h1-4,6-7,9-10,15,23H,5,8,11-12H2,(H,21,24)/t15-/m1/s1. The number of aromatic hydroxyl groups is 1. The number of para-hydroxylation sites is 2. The minimum absolute atomic E-state index is 0.0177. The van der Waals surface area contributed by atoms with Crippen LogP contribution in [0.3, 0.4) is 0 Å². The molecule has 1 heterocycles. The maximum absolute atomic E-state index is 14.0. The molecule has 0 aromatic heterocycles. The second-order valence-electron chi connectivity index (χ2n) is 6.01. The van der Waals surface area contributed by atoms with Crippen LogP contribution in [0.15, 0.2) is 48.5 Å². The quantitative estimate of drug-likeness (QED) is 0.896. The maximum atomic E-state index is 14.0. The molecular weight excluding hydrogens is 323 g/mol. The van der Waals surface area contributed by atoms with Crippen LogP contribution in [0, 0.1) is 5.82 Å². The third kappa shape index (κ3) is 3.79. The monoisotopic (exact) mass is 342 g/mol. The minimum Gasteiger partial charge on any atom is -0.508 e. The third-order valence-corrected chi connectivity index (χ3v) is 4.26. The van der Waals surface area contributed by atoms with E-state index in [4.69, 9.17) is 0 Å². The van der Waals surface area contributed by atoms with Crippen LogP contribution in [0.25, 0.3) is 0 Å². The second kappa shape index (κ2) is 7.34. The number of nitrogens with zero attached hydrogens (tertiary/aromatic N) is 1. The van der Waals surface area contributed by atoms with Gasteiger partial charge in [0.25, 0.3) is 0 Å². The zero-order valence-electron chi connectivity index (χ0n) is 13.6. The summed E-state index contributed by atoms with van der Waals surface area (Å²) >= 11 is 0. The average Bonchev–Trinajstić information content (AvgIpc) is 2.60. The Morgan fingerprint density at radius 2 is 1.92 bits per heavy atom. The smallest absolute Gasteiger partial charge is 0.249 e. The number of phenolic OH excluding ortho intramolecular Hbond substituents is 1. The molecule has 2 N–H and O–H groups in total. The van der Waals surface area contributed by atoms with Gasteiger partial charge in [-0.15, -0.1) is 0 Å². The molecule has 2 aromatic rings. The Labute approximate surface area is 145 Å². The first-order valence-corrected chi connectivity index (χ1v) is 8.18. The van der Waals surface area contributed by atoms with Crippen LogP contribution < -0.4 is 10.2 Å². The Bertz CT molecular complexity index is 794. The Balaban J connectivity index is 1.68. The van der Waals surface area contributed by atoms with E-state index >= 15 is 0 Å². The van der Waals surface area contributed by atoms with E-state index in [1.165, 1.54) is 17.0 Å². The number of carbonyl (C=O) groups is 2. The van der Waals surface area contributed by atoms with Crippen molar-refractivity contribution in [3.05, 3.63) is 59.9 Å². The van der Waals surface area contributed by atoms with Crippen molar-refractivity contribution in [1.82, 2.24) is 5.32 Å². The first-order chi connectivity index (χ1) is 12.1. The molecule has 0 saturated carbocycles. The number of halogens is 1. The molecule has 1 aliphatic rings. The van der Waals surface area contributed by atoms with Crippen molar-refractivity contribution < 1.29 is 19.1 Å². The molecule has 0 spiro atoms. The molecule has 0 radical (unpaired) electrons. The molecule has 0 unspecified atom stereocenters. The largest absolute Gasteiger partial charge is 0.508 e. The number of nitrogens with one attached hydrogen (secondary N) is 1. The van der Waals surface area contributed by atoms with Crippen molar-refractivity contribution in [2.75, 3.05) is 11.4 Å². The van der Waals surface area contributed by atoms with E-state index in [2.05, 4.69) is 5.32 Å². The summed E-state index contributed by atoms with van der Waals surface area (Å²) in [5.74, 6) is -1.09. The minimum atomic E-state index is -0.688. The molecule has 1 saturated heterocycles. The van der Waals surface area contributed by atoms with E-state index in [-0.39, 0.29) is 29.7 Å². The summed E-state index contributed by atoms with van der Waals surface area (Å²) in [6.07, 6.45) is 1.16. The van der Waals surface area contributed by atoms with Crippen LogP contribution in [0.2, 0.25) is 0 Å². The van der Waals surface area contributed by atoms with E-state index in [1.807, 2.05) is 0 Å². The molecule has 5 nitrogen and oxygen atoms in total. The molecule has 25 heavy (non-hydrogen) atoms. The Morgan fingerprint density at radius 3 is 2.68 bits per heavy atom. The summed E-state index contributed by atoms with van der Waals surface area (Å²) in [5, 5.41) is 12.4. The summed E-state index contributed by atoms with van der Waals surface area (Å²) in [5.41, 5.74) is 0.723. The van der Waals surface area contributed by atoms with Gasteiger partial charge in [0.05, 0.1) is 12.1 Å². The van der Waals surface area contributed by atoms with Crippen LogP contribution >= 0.6 is 0 Å². The molecule has 0 bridgehead atoms. The van der Waals surface area contributed by atoms with E-state index < -0.39 is 11.9 Å². The number of rotatable bonds is 4. The number of hydrogen-bond acceptors (Lipinski definition) is 3. The number of carbonyl (C=O) groups excluding carboxylic acids is 2. The Hall–Kier alpha value is -2.89. The third-order valence-electron chi connectivity index (χ3n) is 4.26. The summed E-state index contributed by atoms with van der Waals surface area (Å²) in [4.78, 5) is 26.2. The molecule has 1 aliphatic heterocycles. The van der Waals surface area contributed by atoms with E-state index in [1.54, 1.807) is 36.4 Å². The molecule has 1 fully saturated rings. The van der Waals surface area contributed by atoms with Crippen molar-refractivity contribution in [3.63, 3.8) is 0 Å². The van der Waals surface area contributed by atoms with Gasteiger partial charge in [-0.1, -0.05) is 30.3 Å². The first kappa shape index (κ1) is 17.0. The summed E-state index contributed by atoms with van der Waals surface area (Å²) < 4.78 is 14.0. The zero-order valence-corrected chi connectivity index (χ0v) is 13.6. The summed E-state index contributed by atoms with van der Waals surface area (Å²) in [6.45, 7) is 0.422. The predicted octanol–water partition coefficient (Wildman–Crippen LogP) is 2.39. The molecule has 130 valence electrons.